The minimum atomic E-state index is -0.342. The largest absolute Gasteiger partial charge is 0.440 e. The van der Waals surface area contributed by atoms with E-state index in [0.29, 0.717) is 28.7 Å². The first-order valence-corrected chi connectivity index (χ1v) is 15.6. The highest BCUT2D eigenvalue weighted by Crippen LogP contribution is 2.43. The highest BCUT2D eigenvalue weighted by molar-refractivity contribution is 5.97. The van der Waals surface area contributed by atoms with E-state index < -0.39 is 0 Å². The van der Waals surface area contributed by atoms with Gasteiger partial charge in [0.25, 0.3) is 5.91 Å². The van der Waals surface area contributed by atoms with Crippen molar-refractivity contribution in [3.05, 3.63) is 34.6 Å². The maximum Gasteiger partial charge on any atom is 0.410 e. The maximum absolute atomic E-state index is 13.8. The van der Waals surface area contributed by atoms with E-state index in [2.05, 4.69) is 16.7 Å². The number of rotatable bonds is 7. The number of hydrogen-bond donors (Lipinski definition) is 0. The van der Waals surface area contributed by atoms with Crippen molar-refractivity contribution in [1.29, 1.82) is 0 Å². The summed E-state index contributed by atoms with van der Waals surface area (Å²) in [4.78, 5) is 33.1. The lowest BCUT2D eigenvalue weighted by Crippen LogP contribution is -2.56. The van der Waals surface area contributed by atoms with E-state index in [1.165, 1.54) is 44.2 Å². The molecule has 1 atom stereocenters. The minimum Gasteiger partial charge on any atom is -0.440 e. The summed E-state index contributed by atoms with van der Waals surface area (Å²) < 4.78 is 20.1. The monoisotopic (exact) mass is 541 g/mol. The molecule has 6 nitrogen and oxygen atoms in total. The maximum atomic E-state index is 13.8. The summed E-state index contributed by atoms with van der Waals surface area (Å²) >= 11 is 0. The average molecular weight is 542 g/mol. The van der Waals surface area contributed by atoms with Crippen LogP contribution in [0.3, 0.4) is 0 Å². The van der Waals surface area contributed by atoms with Crippen LogP contribution in [0.2, 0.25) is 0 Å². The Morgan fingerprint density at radius 2 is 1.64 bits per heavy atom. The van der Waals surface area contributed by atoms with Gasteiger partial charge in [0.05, 0.1) is 6.04 Å². The number of benzene rings is 1. The molecule has 1 saturated carbocycles. The molecule has 1 unspecified atom stereocenters. The molecule has 2 amide bonds. The van der Waals surface area contributed by atoms with Crippen molar-refractivity contribution in [2.45, 2.75) is 116 Å². The number of likely N-dealkylation sites (tertiary alicyclic amines) is 2. The second kappa shape index (κ2) is 12.2. The van der Waals surface area contributed by atoms with Gasteiger partial charge in [-0.3, -0.25) is 9.69 Å². The molecule has 3 aliphatic heterocycles. The molecule has 0 N–H and O–H groups in total. The van der Waals surface area contributed by atoms with Crippen LogP contribution in [-0.4, -0.2) is 77.1 Å². The zero-order valence-corrected chi connectivity index (χ0v) is 24.4. The van der Waals surface area contributed by atoms with Crippen molar-refractivity contribution in [3.63, 3.8) is 0 Å². The Morgan fingerprint density at radius 1 is 1.00 bits per heavy atom. The smallest absolute Gasteiger partial charge is 0.410 e. The van der Waals surface area contributed by atoms with Gasteiger partial charge in [0.15, 0.2) is 0 Å². The second-order valence-electron chi connectivity index (χ2n) is 12.7. The fourth-order valence-electron chi connectivity index (χ4n) is 7.92. The summed E-state index contributed by atoms with van der Waals surface area (Å²) in [6, 6.07) is 3.56. The first-order chi connectivity index (χ1) is 18.8. The van der Waals surface area contributed by atoms with Gasteiger partial charge >= 0.3 is 6.09 Å². The zero-order chi connectivity index (χ0) is 27.6. The first-order valence-electron chi connectivity index (χ1n) is 15.6. The molecule has 39 heavy (non-hydrogen) atoms. The Hall–Kier alpha value is -2.15. The Morgan fingerprint density at radius 3 is 2.26 bits per heavy atom. The number of unbranched alkanes of at least 4 members (excludes halogenated alkanes) is 1. The number of amides is 2. The van der Waals surface area contributed by atoms with Crippen LogP contribution in [0.5, 0.6) is 0 Å². The Kier molecular flexibility index (Phi) is 8.85. The molecule has 7 heteroatoms. The van der Waals surface area contributed by atoms with Gasteiger partial charge in [0.2, 0.25) is 0 Å². The molecule has 0 aromatic heterocycles. The number of aryl methyl sites for hydroxylation is 2. The van der Waals surface area contributed by atoms with Crippen molar-refractivity contribution < 1.29 is 18.7 Å². The van der Waals surface area contributed by atoms with Crippen molar-refractivity contribution in [2.24, 2.45) is 5.92 Å². The van der Waals surface area contributed by atoms with Gasteiger partial charge in [-0.2, -0.15) is 0 Å². The Labute approximate surface area is 234 Å². The van der Waals surface area contributed by atoms with Gasteiger partial charge in [-0.25, -0.2) is 9.18 Å². The summed E-state index contributed by atoms with van der Waals surface area (Å²) in [6.07, 6.45) is 13.3. The Balaban J connectivity index is 1.18. The first kappa shape index (κ1) is 28.4. The summed E-state index contributed by atoms with van der Waals surface area (Å²) in [5, 5.41) is 0. The van der Waals surface area contributed by atoms with Crippen LogP contribution in [0.25, 0.3) is 0 Å². The predicted octanol–water partition coefficient (Wildman–Crippen LogP) is 6.47. The van der Waals surface area contributed by atoms with Crippen LogP contribution < -0.4 is 0 Å². The summed E-state index contributed by atoms with van der Waals surface area (Å²) in [7, 11) is 0. The highest BCUT2D eigenvalue weighted by Gasteiger charge is 2.55. The van der Waals surface area contributed by atoms with Gasteiger partial charge in [-0.15, -0.1) is 0 Å². The van der Waals surface area contributed by atoms with E-state index in [0.717, 1.165) is 77.7 Å². The molecule has 1 aliphatic carbocycles. The van der Waals surface area contributed by atoms with Crippen LogP contribution in [0.4, 0.5) is 9.18 Å². The van der Waals surface area contributed by atoms with E-state index in [1.807, 2.05) is 18.7 Å². The molecule has 1 spiro atoms. The van der Waals surface area contributed by atoms with E-state index in [1.54, 1.807) is 0 Å². The van der Waals surface area contributed by atoms with Gasteiger partial charge in [-0.05, 0) is 75.1 Å². The van der Waals surface area contributed by atoms with Crippen LogP contribution in [0, 0.1) is 25.6 Å². The van der Waals surface area contributed by atoms with Gasteiger partial charge in [0, 0.05) is 57.2 Å². The predicted molar refractivity (Wildman–Crippen MR) is 151 cm³/mol. The number of hydrogen-bond acceptors (Lipinski definition) is 4. The zero-order valence-electron chi connectivity index (χ0n) is 24.4. The van der Waals surface area contributed by atoms with Crippen molar-refractivity contribution >= 4 is 12.0 Å². The standard InChI is InChI=1S/C32H48FN3O3/c1-4-5-11-28-32(39-31(38)36(28)22-25-9-7-6-8-10-25)14-18-34(19-15-32)27-12-16-35(17-13-27)30(37)29-23(2)20-26(33)21-24(29)3/h20-21,25,27-28H,4-19,22H2,1-3H3. The van der Waals surface area contributed by atoms with Crippen LogP contribution in [0.1, 0.15) is 105 Å². The van der Waals surface area contributed by atoms with Crippen molar-refractivity contribution in [1.82, 2.24) is 14.7 Å². The lowest BCUT2D eigenvalue weighted by atomic mass is 9.80. The molecule has 5 rings (SSSR count). The quantitative estimate of drug-likeness (QED) is 0.397. The van der Waals surface area contributed by atoms with Crippen LogP contribution >= 0.6 is 0 Å². The molecule has 4 aliphatic rings. The molecular formula is C32H48FN3O3. The van der Waals surface area contributed by atoms with Gasteiger partial charge < -0.3 is 14.5 Å². The summed E-state index contributed by atoms with van der Waals surface area (Å²) in [5.41, 5.74) is 1.73. The lowest BCUT2D eigenvalue weighted by Gasteiger charge is -2.46. The molecule has 0 bridgehead atoms. The van der Waals surface area contributed by atoms with E-state index >= 15 is 0 Å². The van der Waals surface area contributed by atoms with E-state index in [-0.39, 0.29) is 29.5 Å². The summed E-state index contributed by atoms with van der Waals surface area (Å²) in [5.74, 6) is 0.363. The van der Waals surface area contributed by atoms with Gasteiger partial charge in [0.1, 0.15) is 11.4 Å². The van der Waals surface area contributed by atoms with Crippen molar-refractivity contribution in [3.8, 4) is 0 Å². The number of carbonyl (C=O) groups is 2. The number of ether oxygens (including phenoxy) is 1. The molecule has 1 aromatic rings. The molecular weight excluding hydrogens is 493 g/mol. The number of halogens is 1. The number of nitrogens with zero attached hydrogens (tertiary/aromatic N) is 3. The minimum absolute atomic E-state index is 0.0238. The fraction of sp³-hybridized carbons (Fsp3) is 0.750. The topological polar surface area (TPSA) is 53.1 Å². The molecule has 3 saturated heterocycles. The molecule has 4 fully saturated rings. The average Bonchev–Trinajstić information content (AvgIpc) is 3.17. The molecule has 216 valence electrons. The number of carbonyl (C=O) groups excluding carboxylic acids is 2. The third-order valence-electron chi connectivity index (χ3n) is 10.1. The third kappa shape index (κ3) is 5.98. The van der Waals surface area contributed by atoms with E-state index in [4.69, 9.17) is 4.74 Å². The fourth-order valence-corrected chi connectivity index (χ4v) is 7.92. The van der Waals surface area contributed by atoms with Crippen LogP contribution in [-0.2, 0) is 4.74 Å². The van der Waals surface area contributed by atoms with Gasteiger partial charge in [-0.1, -0.05) is 39.0 Å². The molecule has 1 aromatic carbocycles. The number of piperidine rings is 2. The SMILES string of the molecule is CCCCC1N(CC2CCCCC2)C(=O)OC12CCN(C1CCN(C(=O)c3c(C)cc(F)cc3C)CC1)CC2. The van der Waals surface area contributed by atoms with Crippen LogP contribution in [0.15, 0.2) is 12.1 Å². The normalized spacial score (nSPS) is 24.9. The summed E-state index contributed by atoms with van der Waals surface area (Å²) in [6.45, 7) is 10.1. The lowest BCUT2D eigenvalue weighted by molar-refractivity contribution is -0.0385. The second-order valence-corrected chi connectivity index (χ2v) is 12.7. The van der Waals surface area contributed by atoms with E-state index in [9.17, 15) is 14.0 Å². The Bertz CT molecular complexity index is 1000. The van der Waals surface area contributed by atoms with Crippen molar-refractivity contribution in [2.75, 3.05) is 32.7 Å². The highest BCUT2D eigenvalue weighted by atomic mass is 19.1. The third-order valence-corrected chi connectivity index (χ3v) is 10.1. The molecule has 3 heterocycles. The molecule has 0 radical (unpaired) electrons.